The molecule has 100 valence electrons. The third-order valence-corrected chi connectivity index (χ3v) is 2.07. The van der Waals surface area contributed by atoms with E-state index in [4.69, 9.17) is 13.0 Å². The molecule has 2 aromatic carbocycles. The van der Waals surface area contributed by atoms with Gasteiger partial charge in [-0.25, -0.2) is 5.14 Å². The maximum Gasteiger partial charge on any atom is 0.330 e. The van der Waals surface area contributed by atoms with E-state index in [1.165, 1.54) is 11.1 Å². The Morgan fingerprint density at radius 2 is 1.05 bits per heavy atom. The topological polar surface area (TPSA) is 80.4 Å². The highest BCUT2D eigenvalue weighted by atomic mass is 32.2. The highest BCUT2D eigenvalue weighted by Crippen LogP contribution is 2.06. The van der Waals surface area contributed by atoms with Crippen LogP contribution < -0.4 is 5.14 Å². The Morgan fingerprint density at radius 1 is 0.789 bits per heavy atom. The summed E-state index contributed by atoms with van der Waals surface area (Å²) >= 11 is 0. The highest BCUT2D eigenvalue weighted by Gasteiger charge is 1.84. The van der Waals surface area contributed by atoms with E-state index in [-0.39, 0.29) is 0 Å². The van der Waals surface area contributed by atoms with Crippen molar-refractivity contribution in [3.8, 4) is 0 Å². The van der Waals surface area contributed by atoms with E-state index in [0.29, 0.717) is 0 Å². The van der Waals surface area contributed by atoms with Gasteiger partial charge < -0.3 is 0 Å². The molecule has 0 heterocycles. The summed E-state index contributed by atoms with van der Waals surface area (Å²) in [7, 11) is -4.17. The zero-order chi connectivity index (χ0) is 14.1. The Labute approximate surface area is 113 Å². The molecule has 2 rings (SSSR count). The van der Waals surface area contributed by atoms with Gasteiger partial charge in [0.05, 0.1) is 0 Å². The summed E-state index contributed by atoms with van der Waals surface area (Å²) in [6.45, 7) is 0. The maximum atomic E-state index is 8.97. The molecule has 3 N–H and O–H groups in total. The summed E-state index contributed by atoms with van der Waals surface area (Å²) in [6, 6.07) is 20.6. The fourth-order valence-corrected chi connectivity index (χ4v) is 1.32. The van der Waals surface area contributed by atoms with Crippen LogP contribution >= 0.6 is 0 Å². The van der Waals surface area contributed by atoms with Gasteiger partial charge in [0.2, 0.25) is 0 Å². The Bertz CT molecular complexity index is 558. The molecule has 0 fully saturated rings. The molecule has 0 aliphatic carbocycles. The van der Waals surface area contributed by atoms with Gasteiger partial charge >= 0.3 is 10.3 Å². The lowest BCUT2D eigenvalue weighted by atomic mass is 10.1. The SMILES string of the molecule is C(=Cc1ccccc1)c1ccccc1.NS(=O)(=O)O. The lowest BCUT2D eigenvalue weighted by molar-refractivity contribution is 0.485. The van der Waals surface area contributed by atoms with Gasteiger partial charge in [-0.2, -0.15) is 8.42 Å². The number of hydrogen-bond acceptors (Lipinski definition) is 2. The van der Waals surface area contributed by atoms with Crippen LogP contribution in [0.25, 0.3) is 12.2 Å². The first-order chi connectivity index (χ1) is 8.95. The van der Waals surface area contributed by atoms with E-state index in [0.717, 1.165) is 0 Å². The van der Waals surface area contributed by atoms with Gasteiger partial charge in [-0.1, -0.05) is 72.8 Å². The summed E-state index contributed by atoms with van der Waals surface area (Å²) in [6.07, 6.45) is 4.24. The molecule has 0 radical (unpaired) electrons. The molecule has 2 aromatic rings. The summed E-state index contributed by atoms with van der Waals surface area (Å²) < 4.78 is 25.2. The zero-order valence-electron chi connectivity index (χ0n) is 10.2. The van der Waals surface area contributed by atoms with Crippen LogP contribution in [0.2, 0.25) is 0 Å². The largest absolute Gasteiger partial charge is 0.330 e. The summed E-state index contributed by atoms with van der Waals surface area (Å²) in [5.41, 5.74) is 2.47. The summed E-state index contributed by atoms with van der Waals surface area (Å²) in [5, 5.41) is 3.88. The van der Waals surface area contributed by atoms with Crippen LogP contribution in [-0.4, -0.2) is 13.0 Å². The first kappa shape index (κ1) is 15.1. The third-order valence-electron chi connectivity index (χ3n) is 2.07. The standard InChI is InChI=1S/C14H12.H3NO3S/c1-3-7-13(8-4-1)11-12-14-9-5-2-6-10-14;1-5(2,3)4/h1-12H;(H3,1,2,3,4). The number of nitrogens with two attached hydrogens (primary N) is 1. The Kier molecular flexibility index (Phi) is 5.95. The highest BCUT2D eigenvalue weighted by molar-refractivity contribution is 7.83. The molecule has 0 atom stereocenters. The molecule has 5 heteroatoms. The van der Waals surface area contributed by atoms with Crippen molar-refractivity contribution in [3.63, 3.8) is 0 Å². The maximum absolute atomic E-state index is 8.97. The van der Waals surface area contributed by atoms with Gasteiger partial charge in [-0.15, -0.1) is 0 Å². The zero-order valence-corrected chi connectivity index (χ0v) is 11.0. The van der Waals surface area contributed by atoms with Gasteiger partial charge in [0.15, 0.2) is 0 Å². The molecule has 0 unspecified atom stereocenters. The van der Waals surface area contributed by atoms with Crippen LogP contribution in [0.1, 0.15) is 11.1 Å². The minimum atomic E-state index is -4.17. The van der Waals surface area contributed by atoms with Gasteiger partial charge in [-0.05, 0) is 11.1 Å². The van der Waals surface area contributed by atoms with E-state index >= 15 is 0 Å². The van der Waals surface area contributed by atoms with Crippen molar-refractivity contribution >= 4 is 22.5 Å². The molecule has 0 amide bonds. The van der Waals surface area contributed by atoms with Gasteiger partial charge in [0, 0.05) is 0 Å². The molecular formula is C14H15NO3S. The van der Waals surface area contributed by atoms with E-state index in [2.05, 4.69) is 41.6 Å². The molecule has 4 nitrogen and oxygen atoms in total. The van der Waals surface area contributed by atoms with Crippen LogP contribution in [0.15, 0.2) is 60.7 Å². The second-order valence-electron chi connectivity index (χ2n) is 3.67. The molecule has 19 heavy (non-hydrogen) atoms. The predicted molar refractivity (Wildman–Crippen MR) is 77.5 cm³/mol. The smallest absolute Gasteiger partial charge is 0.274 e. The van der Waals surface area contributed by atoms with E-state index in [1.54, 1.807) is 0 Å². The Balaban J connectivity index is 0.000000312. The number of rotatable bonds is 2. The fraction of sp³-hybridized carbons (Fsp3) is 0. The Morgan fingerprint density at radius 3 is 1.32 bits per heavy atom. The van der Waals surface area contributed by atoms with E-state index in [9.17, 15) is 0 Å². The average Bonchev–Trinajstić information content (AvgIpc) is 2.37. The molecular weight excluding hydrogens is 262 g/mol. The van der Waals surface area contributed by atoms with Crippen molar-refractivity contribution in [2.75, 3.05) is 0 Å². The molecule has 0 aliphatic heterocycles. The molecule has 0 saturated carbocycles. The fourth-order valence-electron chi connectivity index (χ4n) is 1.32. The molecule has 0 spiro atoms. The van der Waals surface area contributed by atoms with Gasteiger partial charge in [-0.3, -0.25) is 4.55 Å². The average molecular weight is 277 g/mol. The third kappa shape index (κ3) is 8.73. The van der Waals surface area contributed by atoms with Crippen molar-refractivity contribution in [1.82, 2.24) is 0 Å². The van der Waals surface area contributed by atoms with Crippen LogP contribution in [0.3, 0.4) is 0 Å². The quantitative estimate of drug-likeness (QED) is 0.654. The lowest BCUT2D eigenvalue weighted by Crippen LogP contribution is -2.08. The number of hydrogen-bond donors (Lipinski definition) is 2. The molecule has 0 aliphatic rings. The van der Waals surface area contributed by atoms with Crippen molar-refractivity contribution < 1.29 is 13.0 Å². The van der Waals surface area contributed by atoms with Crippen molar-refractivity contribution in [2.45, 2.75) is 0 Å². The predicted octanol–water partition coefficient (Wildman–Crippen LogP) is 2.60. The van der Waals surface area contributed by atoms with Crippen molar-refractivity contribution in [2.24, 2.45) is 5.14 Å². The van der Waals surface area contributed by atoms with Gasteiger partial charge in [0.1, 0.15) is 0 Å². The first-order valence-corrected chi connectivity index (χ1v) is 6.99. The van der Waals surface area contributed by atoms with Gasteiger partial charge in [0.25, 0.3) is 0 Å². The van der Waals surface area contributed by atoms with Crippen LogP contribution in [-0.2, 0) is 10.3 Å². The van der Waals surface area contributed by atoms with E-state index < -0.39 is 10.3 Å². The second kappa shape index (κ2) is 7.48. The van der Waals surface area contributed by atoms with Crippen molar-refractivity contribution in [3.05, 3.63) is 71.8 Å². The second-order valence-corrected chi connectivity index (χ2v) is 4.70. The molecule has 0 aromatic heterocycles. The minimum absolute atomic E-state index is 1.23. The molecule has 0 saturated heterocycles. The first-order valence-electron chi connectivity index (χ1n) is 5.48. The van der Waals surface area contributed by atoms with Crippen molar-refractivity contribution in [1.29, 1.82) is 0 Å². The molecule has 0 bridgehead atoms. The van der Waals surface area contributed by atoms with Crippen LogP contribution in [0.5, 0.6) is 0 Å². The van der Waals surface area contributed by atoms with Crippen LogP contribution in [0.4, 0.5) is 0 Å². The summed E-state index contributed by atoms with van der Waals surface area (Å²) in [5.74, 6) is 0. The minimum Gasteiger partial charge on any atom is -0.274 e. The number of benzene rings is 2. The Hall–Kier alpha value is -1.95. The van der Waals surface area contributed by atoms with E-state index in [1.807, 2.05) is 36.4 Å². The van der Waals surface area contributed by atoms with Crippen LogP contribution in [0, 0.1) is 0 Å². The lowest BCUT2D eigenvalue weighted by Gasteiger charge is -1.92. The normalized spacial score (nSPS) is 10.8. The monoisotopic (exact) mass is 277 g/mol. The summed E-state index contributed by atoms with van der Waals surface area (Å²) in [4.78, 5) is 0.